The van der Waals surface area contributed by atoms with Crippen molar-refractivity contribution in [2.45, 2.75) is 18.8 Å². The fourth-order valence-corrected chi connectivity index (χ4v) is 2.28. The molecule has 4 heteroatoms. The summed E-state index contributed by atoms with van der Waals surface area (Å²) < 4.78 is 2.89. The lowest BCUT2D eigenvalue weighted by atomic mass is 10.3. The van der Waals surface area contributed by atoms with Crippen molar-refractivity contribution in [3.8, 4) is 0 Å². The Morgan fingerprint density at radius 1 is 1.53 bits per heavy atom. The summed E-state index contributed by atoms with van der Waals surface area (Å²) in [6, 6.07) is 3.68. The molecule has 0 aliphatic heterocycles. The molecule has 0 spiro atoms. The van der Waals surface area contributed by atoms with Crippen molar-refractivity contribution in [3.63, 3.8) is 0 Å². The lowest BCUT2D eigenvalue weighted by molar-refractivity contribution is 0.112. The summed E-state index contributed by atoms with van der Waals surface area (Å²) >= 11 is 3.43. The summed E-state index contributed by atoms with van der Waals surface area (Å²) in [7, 11) is 0. The maximum Gasteiger partial charge on any atom is 0.150 e. The molecular formula is C11H9BrN2O. The molecule has 0 atom stereocenters. The molecule has 2 aromatic heterocycles. The van der Waals surface area contributed by atoms with Crippen LogP contribution in [0.3, 0.4) is 0 Å². The third-order valence-corrected chi connectivity index (χ3v) is 3.31. The number of halogens is 1. The standard InChI is InChI=1S/C11H9BrN2O/c12-10-9-5-7(6-15)3-4-14(9)11(13-10)8-1-2-8/h3-6,8H,1-2H2. The molecule has 0 unspecified atom stereocenters. The Bertz CT molecular complexity index is 543. The van der Waals surface area contributed by atoms with Gasteiger partial charge in [0, 0.05) is 17.7 Å². The number of pyridine rings is 1. The van der Waals surface area contributed by atoms with Crippen LogP contribution in [0.2, 0.25) is 0 Å². The minimum Gasteiger partial charge on any atom is -0.302 e. The van der Waals surface area contributed by atoms with Crippen LogP contribution in [0.4, 0.5) is 0 Å². The fourth-order valence-electron chi connectivity index (χ4n) is 1.79. The molecule has 2 aromatic rings. The Balaban J connectivity index is 2.28. The number of hydrogen-bond donors (Lipinski definition) is 0. The van der Waals surface area contributed by atoms with Crippen LogP contribution < -0.4 is 0 Å². The van der Waals surface area contributed by atoms with Gasteiger partial charge in [-0.15, -0.1) is 0 Å². The van der Waals surface area contributed by atoms with E-state index in [0.29, 0.717) is 11.5 Å². The largest absolute Gasteiger partial charge is 0.302 e. The quantitative estimate of drug-likeness (QED) is 0.782. The predicted octanol–water partition coefficient (Wildman–Crippen LogP) is 2.79. The number of hydrogen-bond acceptors (Lipinski definition) is 2. The van der Waals surface area contributed by atoms with Crippen molar-refractivity contribution in [1.29, 1.82) is 0 Å². The third kappa shape index (κ3) is 1.40. The minimum absolute atomic E-state index is 0.603. The second-order valence-electron chi connectivity index (χ2n) is 3.87. The first kappa shape index (κ1) is 9.09. The first-order valence-electron chi connectivity index (χ1n) is 4.92. The Labute approximate surface area is 95.3 Å². The van der Waals surface area contributed by atoms with Crippen LogP contribution in [0.5, 0.6) is 0 Å². The summed E-state index contributed by atoms with van der Waals surface area (Å²) in [4.78, 5) is 15.2. The highest BCUT2D eigenvalue weighted by atomic mass is 79.9. The number of fused-ring (bicyclic) bond motifs is 1. The van der Waals surface area contributed by atoms with Crippen LogP contribution in [0.1, 0.15) is 34.9 Å². The monoisotopic (exact) mass is 264 g/mol. The second-order valence-corrected chi connectivity index (χ2v) is 4.62. The van der Waals surface area contributed by atoms with E-state index in [1.54, 1.807) is 0 Å². The summed E-state index contributed by atoms with van der Waals surface area (Å²) in [5.41, 5.74) is 1.66. The molecule has 1 saturated carbocycles. The lowest BCUT2D eigenvalue weighted by Gasteiger charge is -1.98. The van der Waals surface area contributed by atoms with Crippen molar-refractivity contribution in [1.82, 2.24) is 9.38 Å². The molecule has 1 aliphatic carbocycles. The van der Waals surface area contributed by atoms with Gasteiger partial charge in [-0.05, 0) is 40.9 Å². The van der Waals surface area contributed by atoms with Gasteiger partial charge in [-0.3, -0.25) is 4.79 Å². The zero-order valence-corrected chi connectivity index (χ0v) is 9.57. The van der Waals surface area contributed by atoms with Crippen LogP contribution in [0.15, 0.2) is 22.9 Å². The average molecular weight is 265 g/mol. The number of aromatic nitrogens is 2. The Kier molecular flexibility index (Phi) is 1.92. The van der Waals surface area contributed by atoms with Gasteiger partial charge in [0.25, 0.3) is 0 Å². The van der Waals surface area contributed by atoms with Crippen LogP contribution in [-0.4, -0.2) is 15.7 Å². The van der Waals surface area contributed by atoms with E-state index in [4.69, 9.17) is 0 Å². The van der Waals surface area contributed by atoms with Crippen molar-refractivity contribution >= 4 is 27.7 Å². The predicted molar refractivity (Wildman–Crippen MR) is 60.3 cm³/mol. The van der Waals surface area contributed by atoms with Gasteiger partial charge in [0.15, 0.2) is 0 Å². The highest BCUT2D eigenvalue weighted by Gasteiger charge is 2.28. The van der Waals surface area contributed by atoms with Gasteiger partial charge >= 0.3 is 0 Å². The van der Waals surface area contributed by atoms with Crippen LogP contribution in [-0.2, 0) is 0 Å². The maximum absolute atomic E-state index is 10.7. The molecule has 0 saturated heterocycles. The molecule has 3 rings (SSSR count). The van der Waals surface area contributed by atoms with Gasteiger partial charge in [-0.2, -0.15) is 0 Å². The molecule has 0 bridgehead atoms. The normalized spacial score (nSPS) is 15.8. The Morgan fingerprint density at radius 3 is 3.00 bits per heavy atom. The van der Waals surface area contributed by atoms with Gasteiger partial charge in [0.1, 0.15) is 16.7 Å². The topological polar surface area (TPSA) is 34.4 Å². The minimum atomic E-state index is 0.603. The van der Waals surface area contributed by atoms with E-state index in [0.717, 1.165) is 22.2 Å². The van der Waals surface area contributed by atoms with Crippen LogP contribution in [0, 0.1) is 0 Å². The fraction of sp³-hybridized carbons (Fsp3) is 0.273. The van der Waals surface area contributed by atoms with E-state index < -0.39 is 0 Å². The molecule has 3 nitrogen and oxygen atoms in total. The molecule has 76 valence electrons. The number of carbonyl (C=O) groups excluding carboxylic acids is 1. The summed E-state index contributed by atoms with van der Waals surface area (Å²) in [6.07, 6.45) is 5.22. The van der Waals surface area contributed by atoms with E-state index in [2.05, 4.69) is 25.3 Å². The molecule has 0 N–H and O–H groups in total. The SMILES string of the molecule is O=Cc1ccn2c(C3CC3)nc(Br)c2c1. The number of carbonyl (C=O) groups is 1. The highest BCUT2D eigenvalue weighted by Crippen LogP contribution is 2.40. The Hall–Kier alpha value is -1.16. The van der Waals surface area contributed by atoms with Crippen molar-refractivity contribution in [2.75, 3.05) is 0 Å². The van der Waals surface area contributed by atoms with Gasteiger partial charge in [0.05, 0.1) is 5.52 Å². The lowest BCUT2D eigenvalue weighted by Crippen LogP contribution is -1.92. The zero-order chi connectivity index (χ0) is 10.4. The number of aldehydes is 1. The molecule has 0 radical (unpaired) electrons. The summed E-state index contributed by atoms with van der Waals surface area (Å²) in [5.74, 6) is 1.71. The smallest absolute Gasteiger partial charge is 0.150 e. The molecule has 15 heavy (non-hydrogen) atoms. The Morgan fingerprint density at radius 2 is 2.33 bits per heavy atom. The maximum atomic E-state index is 10.7. The van der Waals surface area contributed by atoms with Crippen molar-refractivity contribution < 1.29 is 4.79 Å². The van der Waals surface area contributed by atoms with Gasteiger partial charge < -0.3 is 4.40 Å². The molecule has 0 amide bonds. The van der Waals surface area contributed by atoms with Crippen molar-refractivity contribution in [3.05, 3.63) is 34.3 Å². The first-order chi connectivity index (χ1) is 7.29. The third-order valence-electron chi connectivity index (χ3n) is 2.73. The summed E-state index contributed by atoms with van der Waals surface area (Å²) in [5, 5.41) is 0. The molecule has 1 fully saturated rings. The molecule has 1 aliphatic rings. The van der Waals surface area contributed by atoms with E-state index in [9.17, 15) is 4.79 Å². The second kappa shape index (κ2) is 3.17. The van der Waals surface area contributed by atoms with E-state index in [-0.39, 0.29) is 0 Å². The van der Waals surface area contributed by atoms with E-state index in [1.807, 2.05) is 18.3 Å². The van der Waals surface area contributed by atoms with E-state index in [1.165, 1.54) is 12.8 Å². The van der Waals surface area contributed by atoms with Gasteiger partial charge in [0.2, 0.25) is 0 Å². The highest BCUT2D eigenvalue weighted by molar-refractivity contribution is 9.10. The van der Waals surface area contributed by atoms with Gasteiger partial charge in [-0.1, -0.05) is 0 Å². The molecule has 2 heterocycles. The average Bonchev–Trinajstić information content (AvgIpc) is 3.05. The van der Waals surface area contributed by atoms with Crippen LogP contribution >= 0.6 is 15.9 Å². The molecular weight excluding hydrogens is 256 g/mol. The van der Waals surface area contributed by atoms with Crippen LogP contribution in [0.25, 0.3) is 5.52 Å². The van der Waals surface area contributed by atoms with Crippen molar-refractivity contribution in [2.24, 2.45) is 0 Å². The number of nitrogens with zero attached hydrogens (tertiary/aromatic N) is 2. The zero-order valence-electron chi connectivity index (χ0n) is 7.98. The van der Waals surface area contributed by atoms with Gasteiger partial charge in [-0.25, -0.2) is 4.98 Å². The molecule has 0 aromatic carbocycles. The first-order valence-corrected chi connectivity index (χ1v) is 5.71. The van der Waals surface area contributed by atoms with E-state index >= 15 is 0 Å². The summed E-state index contributed by atoms with van der Waals surface area (Å²) in [6.45, 7) is 0. The number of imidazole rings is 1. The number of rotatable bonds is 2.